The summed E-state index contributed by atoms with van der Waals surface area (Å²) in [7, 11) is 0. The molecule has 0 radical (unpaired) electrons. The number of fused-ring (bicyclic) bond motifs is 2. The largest absolute Gasteiger partial charge is 0.490 e. The number of unbranched alkanes of at least 4 members (excludes halogenated alkanes) is 1. The Morgan fingerprint density at radius 3 is 2.33 bits per heavy atom. The third-order valence-corrected chi connectivity index (χ3v) is 8.88. The zero-order valence-electron chi connectivity index (χ0n) is 27.9. The van der Waals surface area contributed by atoms with Gasteiger partial charge in [-0.1, -0.05) is 42.5 Å². The molecule has 52 heavy (non-hydrogen) atoms. The lowest BCUT2D eigenvalue weighted by Gasteiger charge is -2.53. The van der Waals surface area contributed by atoms with Gasteiger partial charge in [0, 0.05) is 50.6 Å². The molecule has 0 spiro atoms. The van der Waals surface area contributed by atoms with E-state index in [1.807, 2.05) is 33.9 Å². The number of amides is 2. The summed E-state index contributed by atoms with van der Waals surface area (Å²) in [5, 5.41) is 18.8. The predicted molar refractivity (Wildman–Crippen MR) is 181 cm³/mol. The minimum Gasteiger partial charge on any atom is -0.475 e. The van der Waals surface area contributed by atoms with E-state index in [2.05, 4.69) is 22.0 Å². The smallest absolute Gasteiger partial charge is 0.475 e. The zero-order chi connectivity index (χ0) is 37.4. The summed E-state index contributed by atoms with van der Waals surface area (Å²) in [4.78, 5) is 58.0. The van der Waals surface area contributed by atoms with Crippen LogP contribution in [-0.2, 0) is 29.0 Å². The molecule has 1 unspecified atom stereocenters. The van der Waals surface area contributed by atoms with Crippen LogP contribution in [0.5, 0.6) is 0 Å². The molecule has 12 nitrogen and oxygen atoms in total. The molecule has 16 heteroatoms. The lowest BCUT2D eigenvalue weighted by Crippen LogP contribution is -2.70. The van der Waals surface area contributed by atoms with Crippen molar-refractivity contribution in [2.24, 2.45) is 0 Å². The van der Waals surface area contributed by atoms with Crippen LogP contribution in [0.4, 0.5) is 28.9 Å². The molecule has 274 valence electrons. The first-order valence-electron chi connectivity index (χ1n) is 16.5. The van der Waals surface area contributed by atoms with Gasteiger partial charge in [0.25, 0.3) is 11.6 Å². The molecule has 1 fully saturated rings. The number of piperazine rings is 1. The van der Waals surface area contributed by atoms with Crippen LogP contribution in [0.2, 0.25) is 0 Å². The van der Waals surface area contributed by atoms with Crippen LogP contribution in [0.1, 0.15) is 40.7 Å². The van der Waals surface area contributed by atoms with E-state index in [0.717, 1.165) is 19.3 Å². The molecule has 1 saturated heterocycles. The molecule has 0 bridgehead atoms. The van der Waals surface area contributed by atoms with Crippen LogP contribution >= 0.6 is 0 Å². The summed E-state index contributed by atoms with van der Waals surface area (Å²) >= 11 is 0. The van der Waals surface area contributed by atoms with Crippen LogP contribution in [0, 0.1) is 15.9 Å². The summed E-state index contributed by atoms with van der Waals surface area (Å²) in [5.41, 5.74) is 2.45. The van der Waals surface area contributed by atoms with Crippen LogP contribution in [0.25, 0.3) is 0 Å². The Hall–Kier alpha value is -5.80. The molecule has 2 amide bonds. The Labute approximate surface area is 296 Å². The van der Waals surface area contributed by atoms with Gasteiger partial charge in [-0.2, -0.15) is 13.2 Å². The van der Waals surface area contributed by atoms with Gasteiger partial charge in [0.05, 0.1) is 29.0 Å². The van der Waals surface area contributed by atoms with E-state index in [1.165, 1.54) is 29.8 Å². The molecule has 3 aromatic carbocycles. The van der Waals surface area contributed by atoms with E-state index in [9.17, 15) is 37.3 Å². The van der Waals surface area contributed by atoms with Crippen molar-refractivity contribution in [2.45, 2.75) is 57.0 Å². The Kier molecular flexibility index (Phi) is 11.9. The minimum absolute atomic E-state index is 0.131. The molecule has 0 aliphatic carbocycles. The van der Waals surface area contributed by atoms with Crippen LogP contribution < -0.4 is 4.90 Å². The van der Waals surface area contributed by atoms with Crippen molar-refractivity contribution in [1.29, 1.82) is 0 Å². The standard InChI is InChI=1S/C34H35FN6O4.C2HF3O2/c35-27-12-6-11-26(20-27)21-31-34(43)38(17-5-4-10-25-8-2-1-3-9-25)23-32-39(18-7-16-37-19-15-36-24-37)30-14-13-28(41(44)45)22-29(30)33(42)40(31)32;3-2(4,5)1(6)7/h1-3,6,8-9,11-15,19-20,22,24,31-32H,4-5,7,10,16-18,21,23H2;(H,6,7)/t31-,32?;/m0./s1. The molecular formula is C36H36F4N6O6. The molecule has 4 aromatic rings. The number of alkyl halides is 3. The topological polar surface area (TPSA) is 142 Å². The Morgan fingerprint density at radius 2 is 1.67 bits per heavy atom. The van der Waals surface area contributed by atoms with Crippen molar-refractivity contribution in [2.75, 3.05) is 24.5 Å². The highest BCUT2D eigenvalue weighted by Gasteiger charge is 2.49. The lowest BCUT2D eigenvalue weighted by atomic mass is 9.94. The number of carbonyl (C=O) groups is 3. The maximum atomic E-state index is 14.2. The minimum atomic E-state index is -5.08. The number of nitro benzene ring substituents is 1. The van der Waals surface area contributed by atoms with Crippen LogP contribution in [0.3, 0.4) is 0 Å². The van der Waals surface area contributed by atoms with E-state index in [0.29, 0.717) is 43.9 Å². The number of carboxylic acids is 1. The number of hydrogen-bond acceptors (Lipinski definition) is 7. The number of carboxylic acid groups (broad SMARTS) is 1. The highest BCUT2D eigenvalue weighted by molar-refractivity contribution is 6.05. The van der Waals surface area contributed by atoms with E-state index < -0.39 is 41.0 Å². The van der Waals surface area contributed by atoms with E-state index in [4.69, 9.17) is 9.90 Å². The van der Waals surface area contributed by atoms with Gasteiger partial charge in [0.2, 0.25) is 5.91 Å². The molecule has 2 atom stereocenters. The van der Waals surface area contributed by atoms with Crippen molar-refractivity contribution in [3.63, 3.8) is 0 Å². The van der Waals surface area contributed by atoms with Gasteiger partial charge in [0.1, 0.15) is 18.0 Å². The quantitative estimate of drug-likeness (QED) is 0.0847. The van der Waals surface area contributed by atoms with Crippen LogP contribution in [-0.4, -0.2) is 85.2 Å². The first kappa shape index (κ1) is 37.5. The number of aryl methyl sites for hydroxylation is 2. The Balaban J connectivity index is 0.000000679. The number of aromatic nitrogens is 2. The van der Waals surface area contributed by atoms with Gasteiger partial charge < -0.3 is 24.4 Å². The maximum Gasteiger partial charge on any atom is 0.490 e. The van der Waals surface area contributed by atoms with Gasteiger partial charge in [-0.25, -0.2) is 14.2 Å². The molecule has 2 aliphatic rings. The number of nitro groups is 1. The molecule has 1 N–H and O–H groups in total. The van der Waals surface area contributed by atoms with Crippen molar-refractivity contribution in [1.82, 2.24) is 19.4 Å². The SMILES string of the molecule is O=C(O)C(F)(F)F.O=C1[C@H](Cc2cccc(F)c2)N2C(=O)c3cc([N+](=O)[O-])ccc3N(CCCn3ccnc3)C2CN1CCCCc1ccccc1. The number of benzene rings is 3. The number of non-ortho nitro benzene ring substituents is 1. The average molecular weight is 725 g/mol. The fraction of sp³-hybridized carbons (Fsp3) is 0.333. The van der Waals surface area contributed by atoms with E-state index >= 15 is 0 Å². The molecule has 3 heterocycles. The number of imidazole rings is 1. The summed E-state index contributed by atoms with van der Waals surface area (Å²) < 4.78 is 47.9. The summed E-state index contributed by atoms with van der Waals surface area (Å²) in [6.07, 6.45) is 3.21. The fourth-order valence-corrected chi connectivity index (χ4v) is 6.46. The molecule has 2 aliphatic heterocycles. The van der Waals surface area contributed by atoms with Crippen molar-refractivity contribution in [3.8, 4) is 0 Å². The second kappa shape index (κ2) is 16.5. The predicted octanol–water partition coefficient (Wildman–Crippen LogP) is 5.72. The normalized spacial score (nSPS) is 16.9. The highest BCUT2D eigenvalue weighted by atomic mass is 19.4. The molecule has 1 aromatic heterocycles. The number of rotatable bonds is 12. The molecule has 6 rings (SSSR count). The van der Waals surface area contributed by atoms with Crippen molar-refractivity contribution >= 4 is 29.2 Å². The third kappa shape index (κ3) is 9.10. The fourth-order valence-electron chi connectivity index (χ4n) is 6.46. The monoisotopic (exact) mass is 724 g/mol. The summed E-state index contributed by atoms with van der Waals surface area (Å²) in [6.45, 7) is 2.06. The van der Waals surface area contributed by atoms with E-state index in [1.54, 1.807) is 35.6 Å². The summed E-state index contributed by atoms with van der Waals surface area (Å²) in [6, 6.07) is 19.8. The van der Waals surface area contributed by atoms with Crippen molar-refractivity contribution in [3.05, 3.63) is 124 Å². The number of aliphatic carboxylic acids is 1. The van der Waals surface area contributed by atoms with Gasteiger partial charge in [-0.15, -0.1) is 0 Å². The zero-order valence-corrected chi connectivity index (χ0v) is 27.9. The summed E-state index contributed by atoms with van der Waals surface area (Å²) in [5.74, 6) is -3.80. The number of nitrogens with zero attached hydrogens (tertiary/aromatic N) is 6. The average Bonchev–Trinajstić information content (AvgIpc) is 3.63. The van der Waals surface area contributed by atoms with Crippen LogP contribution in [0.15, 0.2) is 91.5 Å². The highest BCUT2D eigenvalue weighted by Crippen LogP contribution is 2.38. The van der Waals surface area contributed by atoms with Crippen molar-refractivity contribution < 1.29 is 42.0 Å². The van der Waals surface area contributed by atoms with Gasteiger partial charge in [-0.3, -0.25) is 19.7 Å². The number of anilines is 1. The Bertz CT molecular complexity index is 1870. The maximum absolute atomic E-state index is 14.2. The van der Waals surface area contributed by atoms with Gasteiger partial charge in [-0.05, 0) is 55.0 Å². The number of halogens is 4. The number of hydrogen-bond donors (Lipinski definition) is 1. The number of carbonyl (C=O) groups excluding carboxylic acids is 2. The van der Waals surface area contributed by atoms with Gasteiger partial charge in [0.15, 0.2) is 0 Å². The third-order valence-electron chi connectivity index (χ3n) is 8.88. The first-order valence-corrected chi connectivity index (χ1v) is 16.5. The molecule has 0 saturated carbocycles. The molecular weight excluding hydrogens is 688 g/mol. The van der Waals surface area contributed by atoms with E-state index in [-0.39, 0.29) is 23.6 Å². The first-order chi connectivity index (χ1) is 24.8. The lowest BCUT2D eigenvalue weighted by molar-refractivity contribution is -0.384. The Morgan fingerprint density at radius 1 is 0.942 bits per heavy atom. The second-order valence-corrected chi connectivity index (χ2v) is 12.4. The second-order valence-electron chi connectivity index (χ2n) is 12.4. The van der Waals surface area contributed by atoms with Gasteiger partial charge >= 0.3 is 12.1 Å².